The zero-order chi connectivity index (χ0) is 10.6. The van der Waals surface area contributed by atoms with Crippen molar-refractivity contribution in [1.82, 2.24) is 4.90 Å². The Morgan fingerprint density at radius 3 is 2.29 bits per heavy atom. The summed E-state index contributed by atoms with van der Waals surface area (Å²) in [6.45, 7) is 0.149. The van der Waals surface area contributed by atoms with Gasteiger partial charge in [0.1, 0.15) is 6.54 Å². The molecule has 0 unspecified atom stereocenters. The molecule has 4 nitrogen and oxygen atoms in total. The average molecular weight is 192 g/mol. The lowest BCUT2D eigenvalue weighted by Gasteiger charge is -2.09. The molecule has 1 aromatic rings. The summed E-state index contributed by atoms with van der Waals surface area (Å²) in [5.74, 6) is -0.0457. The van der Waals surface area contributed by atoms with E-state index in [9.17, 15) is 9.70 Å². The van der Waals surface area contributed by atoms with E-state index in [1.165, 1.54) is 4.90 Å². The summed E-state index contributed by atoms with van der Waals surface area (Å²) < 4.78 is 0. The molecule has 0 aliphatic heterocycles. The van der Waals surface area contributed by atoms with E-state index in [4.69, 9.17) is 0 Å². The summed E-state index contributed by atoms with van der Waals surface area (Å²) in [7, 11) is 3.40. The van der Waals surface area contributed by atoms with Gasteiger partial charge < -0.3 is 4.90 Å². The van der Waals surface area contributed by atoms with Crippen LogP contribution in [0.2, 0.25) is 0 Å². The van der Waals surface area contributed by atoms with Gasteiger partial charge in [0.15, 0.2) is 0 Å². The van der Waals surface area contributed by atoms with Crippen LogP contribution in [0.3, 0.4) is 0 Å². The molecule has 0 spiro atoms. The number of nitrogens with zero attached hydrogens (tertiary/aromatic N) is 2. The lowest BCUT2D eigenvalue weighted by atomic mass is 10.1. The predicted molar refractivity (Wildman–Crippen MR) is 54.0 cm³/mol. The third-order valence-corrected chi connectivity index (χ3v) is 1.85. The number of amides is 1. The van der Waals surface area contributed by atoms with Crippen molar-refractivity contribution < 1.29 is 4.79 Å². The molecule has 0 aromatic heterocycles. The highest BCUT2D eigenvalue weighted by molar-refractivity contribution is 5.93. The fourth-order valence-corrected chi connectivity index (χ4v) is 1.09. The SMILES string of the molecule is CN(C)C(=O)c1ccc(CN=O)cc1. The fraction of sp³-hybridized carbons (Fsp3) is 0.300. The second kappa shape index (κ2) is 4.50. The number of hydrogen-bond donors (Lipinski definition) is 0. The highest BCUT2D eigenvalue weighted by atomic mass is 16.3. The topological polar surface area (TPSA) is 49.7 Å². The molecule has 14 heavy (non-hydrogen) atoms. The lowest BCUT2D eigenvalue weighted by Crippen LogP contribution is -2.21. The van der Waals surface area contributed by atoms with E-state index >= 15 is 0 Å². The van der Waals surface area contributed by atoms with Crippen molar-refractivity contribution in [2.75, 3.05) is 14.1 Å². The predicted octanol–water partition coefficient (Wildman–Crippen LogP) is 1.65. The molecule has 0 aliphatic carbocycles. The molecular weight excluding hydrogens is 180 g/mol. The van der Waals surface area contributed by atoms with Crippen LogP contribution in [0.1, 0.15) is 15.9 Å². The normalized spacial score (nSPS) is 9.57. The minimum atomic E-state index is -0.0457. The quantitative estimate of drug-likeness (QED) is 0.684. The van der Waals surface area contributed by atoms with Crippen molar-refractivity contribution in [2.24, 2.45) is 5.18 Å². The van der Waals surface area contributed by atoms with E-state index in [-0.39, 0.29) is 12.5 Å². The molecule has 74 valence electrons. The molecule has 1 amide bonds. The summed E-state index contributed by atoms with van der Waals surface area (Å²) in [4.78, 5) is 22.9. The first-order valence-electron chi connectivity index (χ1n) is 4.25. The van der Waals surface area contributed by atoms with Crippen LogP contribution < -0.4 is 0 Å². The third-order valence-electron chi connectivity index (χ3n) is 1.85. The minimum Gasteiger partial charge on any atom is -0.345 e. The number of hydrogen-bond acceptors (Lipinski definition) is 3. The number of rotatable bonds is 3. The Morgan fingerprint density at radius 2 is 1.86 bits per heavy atom. The Hall–Kier alpha value is -1.71. The summed E-state index contributed by atoms with van der Waals surface area (Å²) in [6.07, 6.45) is 0. The summed E-state index contributed by atoms with van der Waals surface area (Å²) in [5, 5.41) is 2.77. The molecule has 1 rings (SSSR count). The molecule has 0 bridgehead atoms. The van der Waals surface area contributed by atoms with E-state index in [2.05, 4.69) is 5.18 Å². The highest BCUT2D eigenvalue weighted by Crippen LogP contribution is 2.07. The molecular formula is C10H12N2O2. The first-order valence-corrected chi connectivity index (χ1v) is 4.25. The molecule has 4 heteroatoms. The molecule has 0 radical (unpaired) electrons. The molecule has 0 fully saturated rings. The average Bonchev–Trinajstić information content (AvgIpc) is 2.18. The highest BCUT2D eigenvalue weighted by Gasteiger charge is 2.06. The summed E-state index contributed by atoms with van der Waals surface area (Å²) in [5.41, 5.74) is 1.43. The zero-order valence-corrected chi connectivity index (χ0v) is 8.23. The fourth-order valence-electron chi connectivity index (χ4n) is 1.09. The van der Waals surface area contributed by atoms with Crippen molar-refractivity contribution >= 4 is 5.91 Å². The van der Waals surface area contributed by atoms with Crippen molar-refractivity contribution in [3.8, 4) is 0 Å². The van der Waals surface area contributed by atoms with Crippen LogP contribution in [0.5, 0.6) is 0 Å². The van der Waals surface area contributed by atoms with Gasteiger partial charge >= 0.3 is 0 Å². The van der Waals surface area contributed by atoms with Crippen molar-refractivity contribution in [3.05, 3.63) is 40.3 Å². The maximum Gasteiger partial charge on any atom is 0.253 e. The van der Waals surface area contributed by atoms with Gasteiger partial charge in [-0.15, -0.1) is 0 Å². The van der Waals surface area contributed by atoms with E-state index in [0.717, 1.165) is 5.56 Å². The van der Waals surface area contributed by atoms with Gasteiger partial charge in [-0.25, -0.2) is 0 Å². The Labute approximate surface area is 82.5 Å². The van der Waals surface area contributed by atoms with Crippen molar-refractivity contribution in [2.45, 2.75) is 6.54 Å². The van der Waals surface area contributed by atoms with Crippen LogP contribution in [0.25, 0.3) is 0 Å². The second-order valence-corrected chi connectivity index (χ2v) is 3.18. The van der Waals surface area contributed by atoms with Crippen molar-refractivity contribution in [1.29, 1.82) is 0 Å². The molecule has 0 N–H and O–H groups in total. The number of carbonyl (C=O) groups excluding carboxylic acids is 1. The van der Waals surface area contributed by atoms with Gasteiger partial charge in [0, 0.05) is 19.7 Å². The third kappa shape index (κ3) is 2.39. The Kier molecular flexibility index (Phi) is 3.34. The Bertz CT molecular complexity index is 330. The van der Waals surface area contributed by atoms with Gasteiger partial charge in [-0.2, -0.15) is 4.91 Å². The molecule has 0 saturated heterocycles. The van der Waals surface area contributed by atoms with Gasteiger partial charge in [0.2, 0.25) is 0 Å². The summed E-state index contributed by atoms with van der Waals surface area (Å²) >= 11 is 0. The maximum atomic E-state index is 11.5. The molecule has 0 aliphatic rings. The standard InChI is InChI=1S/C10H12N2O2/c1-12(2)10(13)9-5-3-8(4-6-9)7-11-14/h3-6H,7H2,1-2H3. The van der Waals surface area contributed by atoms with Gasteiger partial charge in [-0.05, 0) is 17.7 Å². The van der Waals surface area contributed by atoms with Crippen LogP contribution in [0, 0.1) is 4.91 Å². The van der Waals surface area contributed by atoms with Gasteiger partial charge in [0.25, 0.3) is 5.91 Å². The van der Waals surface area contributed by atoms with E-state index in [0.29, 0.717) is 5.56 Å². The first kappa shape index (κ1) is 10.4. The molecule has 0 heterocycles. The van der Waals surface area contributed by atoms with Gasteiger partial charge in [0.05, 0.1) is 0 Å². The van der Waals surface area contributed by atoms with Gasteiger partial charge in [-0.1, -0.05) is 17.3 Å². The smallest absolute Gasteiger partial charge is 0.253 e. The van der Waals surface area contributed by atoms with E-state index in [1.807, 2.05) is 0 Å². The zero-order valence-electron chi connectivity index (χ0n) is 8.23. The second-order valence-electron chi connectivity index (χ2n) is 3.18. The largest absolute Gasteiger partial charge is 0.345 e. The molecule has 0 saturated carbocycles. The Balaban J connectivity index is 2.82. The van der Waals surface area contributed by atoms with Crippen LogP contribution in [0.15, 0.2) is 29.4 Å². The monoisotopic (exact) mass is 192 g/mol. The number of nitroso groups, excluding NO2 is 1. The molecule has 0 atom stereocenters. The lowest BCUT2D eigenvalue weighted by molar-refractivity contribution is 0.0827. The van der Waals surface area contributed by atoms with Crippen LogP contribution in [-0.2, 0) is 6.54 Å². The first-order chi connectivity index (χ1) is 6.65. The minimum absolute atomic E-state index is 0.0457. The van der Waals surface area contributed by atoms with E-state index in [1.54, 1.807) is 38.4 Å². The maximum absolute atomic E-state index is 11.5. The van der Waals surface area contributed by atoms with E-state index < -0.39 is 0 Å². The number of carbonyl (C=O) groups is 1. The summed E-state index contributed by atoms with van der Waals surface area (Å²) in [6, 6.07) is 6.86. The van der Waals surface area contributed by atoms with Crippen LogP contribution in [0.4, 0.5) is 0 Å². The van der Waals surface area contributed by atoms with Gasteiger partial charge in [-0.3, -0.25) is 4.79 Å². The Morgan fingerprint density at radius 1 is 1.29 bits per heavy atom. The van der Waals surface area contributed by atoms with Crippen LogP contribution in [-0.4, -0.2) is 24.9 Å². The van der Waals surface area contributed by atoms with Crippen molar-refractivity contribution in [3.63, 3.8) is 0 Å². The number of benzene rings is 1. The van der Waals surface area contributed by atoms with Crippen LogP contribution >= 0.6 is 0 Å². The molecule has 1 aromatic carbocycles.